The van der Waals surface area contributed by atoms with Gasteiger partial charge in [0, 0.05) is 12.5 Å². The summed E-state index contributed by atoms with van der Waals surface area (Å²) in [5.41, 5.74) is 5.78. The van der Waals surface area contributed by atoms with Gasteiger partial charge in [-0.3, -0.25) is 9.59 Å². The second-order valence-corrected chi connectivity index (χ2v) is 6.07. The first kappa shape index (κ1) is 17.7. The van der Waals surface area contributed by atoms with Crippen LogP contribution in [0.5, 0.6) is 0 Å². The average Bonchev–Trinajstić information content (AvgIpc) is 2.89. The van der Waals surface area contributed by atoms with Gasteiger partial charge in [-0.2, -0.15) is 0 Å². The molecule has 0 aromatic heterocycles. The number of nitrogens with one attached hydrogen (secondary N) is 1. The van der Waals surface area contributed by atoms with E-state index in [1.54, 1.807) is 6.07 Å². The molecule has 0 aliphatic carbocycles. The summed E-state index contributed by atoms with van der Waals surface area (Å²) in [5, 5.41) is 2.96. The smallest absolute Gasteiger partial charge is 0.341 e. The summed E-state index contributed by atoms with van der Waals surface area (Å²) in [6, 6.07) is 3.72. The quantitative estimate of drug-likeness (QED) is 0.752. The Bertz CT molecular complexity index is 616. The molecule has 0 saturated carbocycles. The number of esters is 1. The highest BCUT2D eigenvalue weighted by Crippen LogP contribution is 2.25. The highest BCUT2D eigenvalue weighted by molar-refractivity contribution is 6.39. The molecule has 1 amide bonds. The van der Waals surface area contributed by atoms with Crippen LogP contribution in [0.1, 0.15) is 23.2 Å². The van der Waals surface area contributed by atoms with Gasteiger partial charge in [0.05, 0.1) is 21.7 Å². The Kier molecular flexibility index (Phi) is 5.98. The number of hydrogen-bond acceptors (Lipinski definition) is 5. The molecule has 3 N–H and O–H groups in total. The second-order valence-electron chi connectivity index (χ2n) is 5.26. The van der Waals surface area contributed by atoms with Crippen molar-refractivity contribution in [3.05, 3.63) is 33.8 Å². The Morgan fingerprint density at radius 1 is 1.35 bits per heavy atom. The third kappa shape index (κ3) is 4.43. The monoisotopic (exact) mass is 358 g/mol. The van der Waals surface area contributed by atoms with Gasteiger partial charge < -0.3 is 15.8 Å². The maximum atomic E-state index is 12.0. The van der Waals surface area contributed by atoms with E-state index >= 15 is 0 Å². The molecule has 8 heteroatoms. The zero-order chi connectivity index (χ0) is 17.0. The Labute approximate surface area is 143 Å². The molecule has 1 aliphatic rings. The van der Waals surface area contributed by atoms with Crippen molar-refractivity contribution in [3.8, 4) is 0 Å². The molecule has 0 radical (unpaired) electrons. The fourth-order valence-electron chi connectivity index (χ4n) is 2.32. The number of nitrogens with two attached hydrogens (primary N) is 1. The number of ketones is 1. The van der Waals surface area contributed by atoms with E-state index in [4.69, 9.17) is 33.7 Å². The van der Waals surface area contributed by atoms with Crippen molar-refractivity contribution in [3.63, 3.8) is 0 Å². The Balaban J connectivity index is 1.88. The molecule has 1 aromatic rings. The van der Waals surface area contributed by atoms with Gasteiger partial charge in [-0.15, -0.1) is 0 Å². The number of benzene rings is 1. The van der Waals surface area contributed by atoms with E-state index in [1.807, 2.05) is 0 Å². The first-order chi connectivity index (χ1) is 10.9. The van der Waals surface area contributed by atoms with Gasteiger partial charge in [0.2, 0.25) is 5.91 Å². The molecule has 1 saturated heterocycles. The van der Waals surface area contributed by atoms with Crippen LogP contribution in [0.3, 0.4) is 0 Å². The SMILES string of the molecule is NC(C[C@@H]1CCNC1=O)C(=O)COC(=O)c1c(Cl)cccc1Cl. The van der Waals surface area contributed by atoms with Gasteiger partial charge in [0.25, 0.3) is 0 Å². The molecular weight excluding hydrogens is 343 g/mol. The molecule has 0 spiro atoms. The standard InChI is InChI=1S/C15H16Cl2N2O4/c16-9-2-1-3-10(17)13(9)15(22)23-7-12(20)11(18)6-8-4-5-19-14(8)21/h1-3,8,11H,4-7,18H2,(H,19,21)/t8-,11?/m0/s1. The molecule has 2 rings (SSSR count). The summed E-state index contributed by atoms with van der Waals surface area (Å²) in [5.74, 6) is -1.63. The van der Waals surface area contributed by atoms with Crippen LogP contribution in [0.25, 0.3) is 0 Å². The number of amides is 1. The second kappa shape index (κ2) is 7.77. The molecule has 6 nitrogen and oxygen atoms in total. The lowest BCUT2D eigenvalue weighted by molar-refractivity contribution is -0.125. The summed E-state index contributed by atoms with van der Waals surface area (Å²) in [4.78, 5) is 35.4. The lowest BCUT2D eigenvalue weighted by Gasteiger charge is -2.14. The molecule has 1 aliphatic heterocycles. The average molecular weight is 359 g/mol. The molecule has 1 unspecified atom stereocenters. The van der Waals surface area contributed by atoms with Crippen LogP contribution < -0.4 is 11.1 Å². The lowest BCUT2D eigenvalue weighted by Crippen LogP contribution is -2.37. The number of Topliss-reactive ketones (excluding diaryl/α,β-unsaturated/α-hetero) is 1. The van der Waals surface area contributed by atoms with Crippen LogP contribution in [-0.4, -0.2) is 36.9 Å². The van der Waals surface area contributed by atoms with Gasteiger partial charge in [-0.05, 0) is 25.0 Å². The summed E-state index contributed by atoms with van der Waals surface area (Å²) >= 11 is 11.8. The molecule has 2 atom stereocenters. The Morgan fingerprint density at radius 2 is 2.00 bits per heavy atom. The van der Waals surface area contributed by atoms with Gasteiger partial charge in [-0.1, -0.05) is 29.3 Å². The number of carbonyl (C=O) groups is 3. The van der Waals surface area contributed by atoms with Gasteiger partial charge in [0.1, 0.15) is 0 Å². The van der Waals surface area contributed by atoms with E-state index in [0.29, 0.717) is 13.0 Å². The third-order valence-corrected chi connectivity index (χ3v) is 4.26. The predicted octanol–water partition coefficient (Wildman–Crippen LogP) is 1.57. The largest absolute Gasteiger partial charge is 0.454 e. The van der Waals surface area contributed by atoms with Gasteiger partial charge in [-0.25, -0.2) is 4.79 Å². The summed E-state index contributed by atoms with van der Waals surface area (Å²) < 4.78 is 4.93. The van der Waals surface area contributed by atoms with Crippen LogP contribution >= 0.6 is 23.2 Å². The van der Waals surface area contributed by atoms with Gasteiger partial charge >= 0.3 is 5.97 Å². The van der Waals surface area contributed by atoms with Crippen molar-refractivity contribution in [1.29, 1.82) is 0 Å². The maximum Gasteiger partial charge on any atom is 0.341 e. The van der Waals surface area contributed by atoms with Crippen molar-refractivity contribution in [2.24, 2.45) is 11.7 Å². The molecule has 1 aromatic carbocycles. The first-order valence-electron chi connectivity index (χ1n) is 7.07. The summed E-state index contributed by atoms with van der Waals surface area (Å²) in [6.45, 7) is 0.0975. The van der Waals surface area contributed by atoms with Crippen molar-refractivity contribution in [1.82, 2.24) is 5.32 Å². The zero-order valence-electron chi connectivity index (χ0n) is 12.2. The minimum Gasteiger partial charge on any atom is -0.454 e. The van der Waals surface area contributed by atoms with Crippen LogP contribution in [-0.2, 0) is 14.3 Å². The van der Waals surface area contributed by atoms with Crippen molar-refractivity contribution in [2.45, 2.75) is 18.9 Å². The van der Waals surface area contributed by atoms with E-state index in [1.165, 1.54) is 12.1 Å². The highest BCUT2D eigenvalue weighted by atomic mass is 35.5. The van der Waals surface area contributed by atoms with E-state index in [-0.39, 0.29) is 33.9 Å². The van der Waals surface area contributed by atoms with Crippen LogP contribution in [0.2, 0.25) is 10.0 Å². The van der Waals surface area contributed by atoms with Crippen molar-refractivity contribution in [2.75, 3.05) is 13.2 Å². The van der Waals surface area contributed by atoms with E-state index in [9.17, 15) is 14.4 Å². The molecule has 124 valence electrons. The fourth-order valence-corrected chi connectivity index (χ4v) is 2.87. The number of halogens is 2. The summed E-state index contributed by atoms with van der Waals surface area (Å²) in [6.07, 6.45) is 0.879. The molecule has 0 bridgehead atoms. The van der Waals surface area contributed by atoms with E-state index in [2.05, 4.69) is 5.32 Å². The first-order valence-corrected chi connectivity index (χ1v) is 7.83. The number of rotatable bonds is 6. The van der Waals surface area contributed by atoms with Crippen LogP contribution in [0.15, 0.2) is 18.2 Å². The zero-order valence-corrected chi connectivity index (χ0v) is 13.7. The highest BCUT2D eigenvalue weighted by Gasteiger charge is 2.29. The van der Waals surface area contributed by atoms with E-state index in [0.717, 1.165) is 0 Å². The summed E-state index contributed by atoms with van der Waals surface area (Å²) in [7, 11) is 0. The van der Waals surface area contributed by atoms with Crippen LogP contribution in [0.4, 0.5) is 0 Å². The third-order valence-electron chi connectivity index (χ3n) is 3.63. The van der Waals surface area contributed by atoms with Crippen molar-refractivity contribution >= 4 is 40.9 Å². The van der Waals surface area contributed by atoms with E-state index < -0.39 is 24.4 Å². The Morgan fingerprint density at radius 3 is 2.57 bits per heavy atom. The minimum atomic E-state index is -0.863. The fraction of sp³-hybridized carbons (Fsp3) is 0.400. The topological polar surface area (TPSA) is 98.5 Å². The normalized spacial score (nSPS) is 18.4. The number of ether oxygens (including phenoxy) is 1. The number of carbonyl (C=O) groups excluding carboxylic acids is 3. The lowest BCUT2D eigenvalue weighted by atomic mass is 9.97. The predicted molar refractivity (Wildman–Crippen MR) is 85.5 cm³/mol. The molecule has 23 heavy (non-hydrogen) atoms. The van der Waals surface area contributed by atoms with Gasteiger partial charge in [0.15, 0.2) is 12.4 Å². The Hall–Kier alpha value is -1.63. The number of hydrogen-bond donors (Lipinski definition) is 2. The minimum absolute atomic E-state index is 0.00683. The van der Waals surface area contributed by atoms with Crippen molar-refractivity contribution < 1.29 is 19.1 Å². The van der Waals surface area contributed by atoms with Crippen LogP contribution in [0, 0.1) is 5.92 Å². The molecule has 1 fully saturated rings. The maximum absolute atomic E-state index is 12.0. The molecule has 1 heterocycles. The molecular formula is C15H16Cl2N2O4.